The second-order valence-electron chi connectivity index (χ2n) is 6.00. The molecule has 1 amide bonds. The smallest absolute Gasteiger partial charge is 0.224 e. The van der Waals surface area contributed by atoms with E-state index in [1.54, 1.807) is 13.3 Å². The Morgan fingerprint density at radius 1 is 1.36 bits per heavy atom. The number of rotatable bonds is 4. The standard InChI is InChI=1S/C18H22N2O2/c1-22-16-7-4-6-15(11-16)20-18(21)10-13-9-14-5-2-3-8-17(14)19-12-13/h2-3,5,8-9,12,15-16H,4,6-7,10-11H2,1H3,(H,20,21)/t15-,16-/m1/s1. The molecule has 1 saturated carbocycles. The van der Waals surface area contributed by atoms with Crippen molar-refractivity contribution in [3.8, 4) is 0 Å². The summed E-state index contributed by atoms with van der Waals surface area (Å²) in [5, 5.41) is 4.21. The highest BCUT2D eigenvalue weighted by molar-refractivity contribution is 5.82. The molecular formula is C18H22N2O2. The summed E-state index contributed by atoms with van der Waals surface area (Å²) in [7, 11) is 1.75. The predicted octanol–water partition coefficient (Wildman–Crippen LogP) is 2.85. The summed E-state index contributed by atoms with van der Waals surface area (Å²) in [4.78, 5) is 16.6. The number of hydrogen-bond donors (Lipinski definition) is 1. The lowest BCUT2D eigenvalue weighted by Crippen LogP contribution is -2.40. The molecule has 0 aliphatic heterocycles. The predicted molar refractivity (Wildman–Crippen MR) is 86.6 cm³/mol. The van der Waals surface area contributed by atoms with Gasteiger partial charge in [0.15, 0.2) is 0 Å². The molecule has 2 atom stereocenters. The topological polar surface area (TPSA) is 51.2 Å². The van der Waals surface area contributed by atoms with Crippen molar-refractivity contribution >= 4 is 16.8 Å². The molecular weight excluding hydrogens is 276 g/mol. The van der Waals surface area contributed by atoms with Crippen molar-refractivity contribution in [2.24, 2.45) is 0 Å². The molecule has 3 rings (SSSR count). The normalized spacial score (nSPS) is 21.7. The van der Waals surface area contributed by atoms with Crippen molar-refractivity contribution in [2.45, 2.75) is 44.2 Å². The summed E-state index contributed by atoms with van der Waals surface area (Å²) in [5.74, 6) is 0.0684. The average molecular weight is 298 g/mol. The first-order chi connectivity index (χ1) is 10.7. The lowest BCUT2D eigenvalue weighted by atomic mass is 9.92. The maximum absolute atomic E-state index is 12.2. The van der Waals surface area contributed by atoms with Crippen molar-refractivity contribution in [3.05, 3.63) is 42.1 Å². The number of hydrogen-bond acceptors (Lipinski definition) is 3. The molecule has 1 aromatic heterocycles. The Hall–Kier alpha value is -1.94. The first-order valence-corrected chi connectivity index (χ1v) is 7.90. The van der Waals surface area contributed by atoms with E-state index in [0.717, 1.165) is 42.1 Å². The molecule has 1 aliphatic rings. The van der Waals surface area contributed by atoms with Crippen LogP contribution in [-0.2, 0) is 16.0 Å². The summed E-state index contributed by atoms with van der Waals surface area (Å²) < 4.78 is 5.41. The number of methoxy groups -OCH3 is 1. The Bertz CT molecular complexity index is 656. The van der Waals surface area contributed by atoms with Crippen molar-refractivity contribution in [3.63, 3.8) is 0 Å². The molecule has 0 saturated heterocycles. The lowest BCUT2D eigenvalue weighted by molar-refractivity contribution is -0.121. The lowest BCUT2D eigenvalue weighted by Gasteiger charge is -2.28. The number of nitrogens with zero attached hydrogens (tertiary/aromatic N) is 1. The molecule has 1 aromatic carbocycles. The second kappa shape index (κ2) is 6.88. The number of benzene rings is 1. The van der Waals surface area contributed by atoms with Crippen LogP contribution in [0.3, 0.4) is 0 Å². The second-order valence-corrected chi connectivity index (χ2v) is 6.00. The molecule has 4 nitrogen and oxygen atoms in total. The monoisotopic (exact) mass is 298 g/mol. The van der Waals surface area contributed by atoms with Crippen molar-refractivity contribution in [2.75, 3.05) is 7.11 Å². The van der Waals surface area contributed by atoms with Gasteiger partial charge in [-0.05, 0) is 43.4 Å². The number of aromatic nitrogens is 1. The van der Waals surface area contributed by atoms with E-state index < -0.39 is 0 Å². The number of para-hydroxylation sites is 1. The van der Waals surface area contributed by atoms with Crippen LogP contribution in [0.2, 0.25) is 0 Å². The van der Waals surface area contributed by atoms with Crippen molar-refractivity contribution in [1.29, 1.82) is 0 Å². The quantitative estimate of drug-likeness (QED) is 0.944. The summed E-state index contributed by atoms with van der Waals surface area (Å²) in [5.41, 5.74) is 1.91. The van der Waals surface area contributed by atoms with Gasteiger partial charge >= 0.3 is 0 Å². The molecule has 1 heterocycles. The van der Waals surface area contributed by atoms with E-state index in [4.69, 9.17) is 4.74 Å². The minimum Gasteiger partial charge on any atom is -0.381 e. The van der Waals surface area contributed by atoms with Crippen LogP contribution in [0.1, 0.15) is 31.2 Å². The van der Waals surface area contributed by atoms with Crippen molar-refractivity contribution in [1.82, 2.24) is 10.3 Å². The van der Waals surface area contributed by atoms with Crippen LogP contribution in [-0.4, -0.2) is 30.1 Å². The molecule has 1 N–H and O–H groups in total. The van der Waals surface area contributed by atoms with Crippen LogP contribution >= 0.6 is 0 Å². The highest BCUT2D eigenvalue weighted by atomic mass is 16.5. The number of ether oxygens (including phenoxy) is 1. The molecule has 1 fully saturated rings. The fourth-order valence-electron chi connectivity index (χ4n) is 3.17. The highest BCUT2D eigenvalue weighted by Crippen LogP contribution is 2.21. The first-order valence-electron chi connectivity index (χ1n) is 7.90. The van der Waals surface area contributed by atoms with Gasteiger partial charge in [0.25, 0.3) is 0 Å². The SMILES string of the molecule is CO[C@@H]1CCC[C@@H](NC(=O)Cc2cnc3ccccc3c2)C1. The summed E-state index contributed by atoms with van der Waals surface area (Å²) in [6.45, 7) is 0. The molecule has 0 bridgehead atoms. The van der Waals surface area contributed by atoms with E-state index in [2.05, 4.69) is 10.3 Å². The first kappa shape index (κ1) is 15.0. The molecule has 116 valence electrons. The zero-order valence-corrected chi connectivity index (χ0v) is 12.9. The largest absolute Gasteiger partial charge is 0.381 e. The van der Waals surface area contributed by atoms with E-state index in [9.17, 15) is 4.79 Å². The van der Waals surface area contributed by atoms with Crippen LogP contribution in [0.4, 0.5) is 0 Å². The third kappa shape index (κ3) is 3.63. The third-order valence-electron chi connectivity index (χ3n) is 4.34. The van der Waals surface area contributed by atoms with Gasteiger partial charge in [0, 0.05) is 24.7 Å². The third-order valence-corrected chi connectivity index (χ3v) is 4.34. The molecule has 4 heteroatoms. The van der Waals surface area contributed by atoms with Gasteiger partial charge in [-0.15, -0.1) is 0 Å². The van der Waals surface area contributed by atoms with Gasteiger partial charge in [-0.3, -0.25) is 9.78 Å². The van der Waals surface area contributed by atoms with E-state index in [1.807, 2.05) is 30.3 Å². The van der Waals surface area contributed by atoms with Crippen LogP contribution in [0.5, 0.6) is 0 Å². The van der Waals surface area contributed by atoms with Gasteiger partial charge in [0.2, 0.25) is 5.91 Å². The van der Waals surface area contributed by atoms with Gasteiger partial charge in [-0.2, -0.15) is 0 Å². The Balaban J connectivity index is 1.60. The minimum absolute atomic E-state index is 0.0684. The summed E-state index contributed by atoms with van der Waals surface area (Å²) in [6, 6.07) is 10.2. The van der Waals surface area contributed by atoms with E-state index >= 15 is 0 Å². The van der Waals surface area contributed by atoms with Gasteiger partial charge in [-0.25, -0.2) is 0 Å². The van der Waals surface area contributed by atoms with Crippen LogP contribution < -0.4 is 5.32 Å². The average Bonchev–Trinajstić information content (AvgIpc) is 2.55. The van der Waals surface area contributed by atoms with Crippen LogP contribution in [0.25, 0.3) is 10.9 Å². The maximum Gasteiger partial charge on any atom is 0.224 e. The number of nitrogens with one attached hydrogen (secondary N) is 1. The molecule has 0 unspecified atom stereocenters. The Labute approximate surface area is 130 Å². The number of fused-ring (bicyclic) bond motifs is 1. The minimum atomic E-state index is 0.0684. The van der Waals surface area contributed by atoms with Crippen molar-refractivity contribution < 1.29 is 9.53 Å². The molecule has 22 heavy (non-hydrogen) atoms. The maximum atomic E-state index is 12.2. The van der Waals surface area contributed by atoms with Crippen LogP contribution in [0, 0.1) is 0 Å². The molecule has 0 radical (unpaired) electrons. The number of pyridine rings is 1. The van der Waals surface area contributed by atoms with Gasteiger partial charge in [-0.1, -0.05) is 18.2 Å². The van der Waals surface area contributed by atoms with Crippen LogP contribution in [0.15, 0.2) is 36.5 Å². The summed E-state index contributed by atoms with van der Waals surface area (Å²) >= 11 is 0. The van der Waals surface area contributed by atoms with Gasteiger partial charge in [0.05, 0.1) is 18.0 Å². The Morgan fingerprint density at radius 2 is 2.23 bits per heavy atom. The number of carbonyl (C=O) groups excluding carboxylic acids is 1. The number of amides is 1. The molecule has 1 aliphatic carbocycles. The van der Waals surface area contributed by atoms with Gasteiger partial charge < -0.3 is 10.1 Å². The Morgan fingerprint density at radius 3 is 3.09 bits per heavy atom. The van der Waals surface area contributed by atoms with E-state index in [1.165, 1.54) is 0 Å². The fourth-order valence-corrected chi connectivity index (χ4v) is 3.17. The molecule has 0 spiro atoms. The molecule has 2 aromatic rings. The van der Waals surface area contributed by atoms with E-state index in [-0.39, 0.29) is 18.1 Å². The van der Waals surface area contributed by atoms with Gasteiger partial charge in [0.1, 0.15) is 0 Å². The Kier molecular flexibility index (Phi) is 4.68. The van der Waals surface area contributed by atoms with E-state index in [0.29, 0.717) is 6.42 Å². The highest BCUT2D eigenvalue weighted by Gasteiger charge is 2.22. The zero-order chi connectivity index (χ0) is 15.4. The summed E-state index contributed by atoms with van der Waals surface area (Å²) in [6.07, 6.45) is 6.62. The number of carbonyl (C=O) groups is 1. The zero-order valence-electron chi connectivity index (χ0n) is 12.9. The fraction of sp³-hybridized carbons (Fsp3) is 0.444.